The quantitative estimate of drug-likeness (QED) is 0.639. The number of sulfone groups is 1. The van der Waals surface area contributed by atoms with E-state index in [1.807, 2.05) is 0 Å². The van der Waals surface area contributed by atoms with Gasteiger partial charge in [-0.2, -0.15) is 8.78 Å². The van der Waals surface area contributed by atoms with E-state index in [1.54, 1.807) is 0 Å². The van der Waals surface area contributed by atoms with Crippen molar-refractivity contribution in [2.24, 2.45) is 0 Å². The number of fused-ring (bicyclic) bond motifs is 2. The number of hydrogen-bond acceptors (Lipinski definition) is 3. The van der Waals surface area contributed by atoms with Gasteiger partial charge in [-0.05, 0) is 12.8 Å². The van der Waals surface area contributed by atoms with Crippen LogP contribution in [0.25, 0.3) is 0 Å². The fourth-order valence-corrected chi connectivity index (χ4v) is 4.73. The molecule has 3 nitrogen and oxygen atoms in total. The van der Waals surface area contributed by atoms with Crippen molar-refractivity contribution < 1.29 is 22.0 Å². The zero-order valence-corrected chi connectivity index (χ0v) is 8.90. The smallest absolute Gasteiger partial charge is 0.293 e. The van der Waals surface area contributed by atoms with Gasteiger partial charge in [-0.3, -0.25) is 4.79 Å². The van der Waals surface area contributed by atoms with Gasteiger partial charge in [0.2, 0.25) is 5.78 Å². The average molecular weight is 238 g/mol. The molecule has 6 heteroatoms. The molecule has 0 spiro atoms. The van der Waals surface area contributed by atoms with Gasteiger partial charge in [-0.25, -0.2) is 8.42 Å². The SMILES string of the molecule is O=C1CC2CCCC(CC1(F)F)S2(=O)=O. The predicted octanol–water partition coefficient (Wildman–Crippen LogP) is 1.32. The fourth-order valence-electron chi connectivity index (χ4n) is 2.37. The first-order chi connectivity index (χ1) is 6.84. The zero-order chi connectivity index (χ0) is 11.3. The van der Waals surface area contributed by atoms with Crippen LogP contribution in [0.1, 0.15) is 32.1 Å². The van der Waals surface area contributed by atoms with E-state index in [1.165, 1.54) is 0 Å². The van der Waals surface area contributed by atoms with Crippen LogP contribution in [0, 0.1) is 0 Å². The van der Waals surface area contributed by atoms with Crippen LogP contribution < -0.4 is 0 Å². The Kier molecular flexibility index (Phi) is 2.37. The maximum absolute atomic E-state index is 13.2. The molecule has 2 rings (SSSR count). The van der Waals surface area contributed by atoms with Crippen molar-refractivity contribution in [2.75, 3.05) is 0 Å². The molecule has 0 saturated carbocycles. The molecule has 2 fully saturated rings. The minimum absolute atomic E-state index is 0.266. The highest BCUT2D eigenvalue weighted by atomic mass is 32.2. The molecule has 86 valence electrons. The molecule has 0 aliphatic carbocycles. The van der Waals surface area contributed by atoms with Crippen molar-refractivity contribution in [1.29, 1.82) is 0 Å². The number of Topliss-reactive ketones (excluding diaryl/α,β-unsaturated/α-hetero) is 1. The highest BCUT2D eigenvalue weighted by Crippen LogP contribution is 2.39. The van der Waals surface area contributed by atoms with Crippen LogP contribution >= 0.6 is 0 Å². The van der Waals surface area contributed by atoms with Gasteiger partial charge in [0.25, 0.3) is 0 Å². The number of rotatable bonds is 0. The molecule has 0 aromatic rings. The van der Waals surface area contributed by atoms with Crippen LogP contribution in [0.2, 0.25) is 0 Å². The lowest BCUT2D eigenvalue weighted by atomic mass is 10.1. The lowest BCUT2D eigenvalue weighted by Gasteiger charge is -2.26. The monoisotopic (exact) mass is 238 g/mol. The number of carbonyl (C=O) groups is 1. The summed E-state index contributed by atoms with van der Waals surface area (Å²) in [5, 5.41) is -1.88. The summed E-state index contributed by atoms with van der Waals surface area (Å²) >= 11 is 0. The molecule has 0 aromatic carbocycles. The molecular formula is C9H12F2O3S. The molecule has 15 heavy (non-hydrogen) atoms. The highest BCUT2D eigenvalue weighted by Gasteiger charge is 2.52. The summed E-state index contributed by atoms with van der Waals surface area (Å²) in [6.07, 6.45) is -0.0865. The third-order valence-corrected chi connectivity index (χ3v) is 5.95. The van der Waals surface area contributed by atoms with Crippen molar-refractivity contribution in [1.82, 2.24) is 0 Å². The van der Waals surface area contributed by atoms with E-state index in [0.29, 0.717) is 12.8 Å². The predicted molar refractivity (Wildman–Crippen MR) is 49.5 cm³/mol. The van der Waals surface area contributed by atoms with Crippen LogP contribution in [-0.2, 0) is 14.6 Å². The molecule has 2 saturated heterocycles. The van der Waals surface area contributed by atoms with Gasteiger partial charge in [-0.15, -0.1) is 0 Å². The molecule has 2 bridgehead atoms. The maximum atomic E-state index is 13.2. The molecule has 2 unspecified atom stereocenters. The number of alkyl halides is 2. The molecule has 0 N–H and O–H groups in total. The summed E-state index contributed by atoms with van der Waals surface area (Å²) < 4.78 is 50.0. The Morgan fingerprint density at radius 2 is 1.80 bits per heavy atom. The number of carbonyl (C=O) groups excluding carboxylic acids is 1. The van der Waals surface area contributed by atoms with E-state index >= 15 is 0 Å². The summed E-state index contributed by atoms with van der Waals surface area (Å²) in [5.74, 6) is -4.66. The second kappa shape index (κ2) is 3.23. The maximum Gasteiger partial charge on any atom is 0.306 e. The standard InChI is InChI=1S/C9H12F2O3S/c10-9(11)5-7-3-1-2-6(4-8(9)12)15(7,13)14/h6-7H,1-5H2. The topological polar surface area (TPSA) is 51.2 Å². The van der Waals surface area contributed by atoms with Gasteiger partial charge in [0.05, 0.1) is 10.5 Å². The number of halogens is 2. The molecule has 0 aromatic heterocycles. The van der Waals surface area contributed by atoms with Gasteiger partial charge in [-0.1, -0.05) is 6.42 Å². The number of hydrogen-bond donors (Lipinski definition) is 0. The lowest BCUT2D eigenvalue weighted by Crippen LogP contribution is -2.35. The van der Waals surface area contributed by atoms with Gasteiger partial charge in [0.1, 0.15) is 0 Å². The molecular weight excluding hydrogens is 226 g/mol. The third-order valence-electron chi connectivity index (χ3n) is 3.29. The van der Waals surface area contributed by atoms with E-state index in [4.69, 9.17) is 0 Å². The number of ketones is 1. The Hall–Kier alpha value is -0.520. The summed E-state index contributed by atoms with van der Waals surface area (Å²) in [6.45, 7) is 0. The van der Waals surface area contributed by atoms with Crippen LogP contribution in [0.3, 0.4) is 0 Å². The average Bonchev–Trinajstić information content (AvgIpc) is 2.17. The first kappa shape index (κ1) is 11.0. The first-order valence-electron chi connectivity index (χ1n) is 4.98. The Balaban J connectivity index is 2.43. The van der Waals surface area contributed by atoms with Crippen LogP contribution in [0.4, 0.5) is 8.78 Å². The Bertz CT molecular complexity index is 388. The summed E-state index contributed by atoms with van der Waals surface area (Å²) in [6, 6.07) is 0. The minimum Gasteiger partial charge on any atom is -0.293 e. The van der Waals surface area contributed by atoms with Crippen molar-refractivity contribution in [3.8, 4) is 0 Å². The lowest BCUT2D eigenvalue weighted by molar-refractivity contribution is -0.143. The van der Waals surface area contributed by atoms with Gasteiger partial charge >= 0.3 is 5.92 Å². The van der Waals surface area contributed by atoms with Crippen molar-refractivity contribution in [3.05, 3.63) is 0 Å². The Morgan fingerprint density at radius 1 is 1.20 bits per heavy atom. The van der Waals surface area contributed by atoms with Crippen LogP contribution in [0.5, 0.6) is 0 Å². The minimum atomic E-state index is -3.51. The van der Waals surface area contributed by atoms with E-state index in [9.17, 15) is 22.0 Å². The molecule has 2 aliphatic rings. The van der Waals surface area contributed by atoms with Crippen molar-refractivity contribution >= 4 is 15.6 Å². The molecule has 2 atom stereocenters. The van der Waals surface area contributed by atoms with Crippen molar-refractivity contribution in [2.45, 2.75) is 48.5 Å². The summed E-state index contributed by atoms with van der Waals surface area (Å²) in [4.78, 5) is 11.2. The van der Waals surface area contributed by atoms with E-state index < -0.39 is 44.9 Å². The van der Waals surface area contributed by atoms with Crippen LogP contribution in [-0.4, -0.2) is 30.6 Å². The summed E-state index contributed by atoms with van der Waals surface area (Å²) in [5.41, 5.74) is 0. The largest absolute Gasteiger partial charge is 0.306 e. The van der Waals surface area contributed by atoms with E-state index in [2.05, 4.69) is 0 Å². The third kappa shape index (κ3) is 1.68. The van der Waals surface area contributed by atoms with Crippen LogP contribution in [0.15, 0.2) is 0 Å². The van der Waals surface area contributed by atoms with Crippen molar-refractivity contribution in [3.63, 3.8) is 0 Å². The normalized spacial score (nSPS) is 38.4. The fraction of sp³-hybridized carbons (Fsp3) is 0.889. The van der Waals surface area contributed by atoms with Gasteiger partial charge in [0.15, 0.2) is 9.84 Å². The molecule has 2 aliphatic heterocycles. The summed E-state index contributed by atoms with van der Waals surface area (Å²) in [7, 11) is -3.51. The van der Waals surface area contributed by atoms with Gasteiger partial charge < -0.3 is 0 Å². The van der Waals surface area contributed by atoms with E-state index in [-0.39, 0.29) is 6.42 Å². The molecule has 0 amide bonds. The first-order valence-corrected chi connectivity index (χ1v) is 6.59. The Morgan fingerprint density at radius 3 is 2.47 bits per heavy atom. The highest BCUT2D eigenvalue weighted by molar-refractivity contribution is 7.92. The van der Waals surface area contributed by atoms with E-state index in [0.717, 1.165) is 0 Å². The zero-order valence-electron chi connectivity index (χ0n) is 8.08. The Labute approximate surface area is 86.8 Å². The molecule has 2 heterocycles. The second-order valence-corrected chi connectivity index (χ2v) is 6.81. The second-order valence-electron chi connectivity index (χ2n) is 4.30. The van der Waals surface area contributed by atoms with Gasteiger partial charge in [0, 0.05) is 12.8 Å². The molecule has 0 radical (unpaired) electrons.